The van der Waals surface area contributed by atoms with Gasteiger partial charge in [0, 0.05) is 25.1 Å². The predicted molar refractivity (Wildman–Crippen MR) is 55.5 cm³/mol. The molecule has 0 aliphatic carbocycles. The molecule has 1 aliphatic rings. The fraction of sp³-hybridized carbons (Fsp3) is 0.700. The van der Waals surface area contributed by atoms with E-state index < -0.39 is 0 Å². The van der Waals surface area contributed by atoms with Gasteiger partial charge < -0.3 is 10.1 Å². The van der Waals surface area contributed by atoms with Crippen molar-refractivity contribution in [1.82, 2.24) is 9.78 Å². The predicted octanol–water partition coefficient (Wildman–Crippen LogP) is 1.58. The maximum atomic E-state index is 5.46. The summed E-state index contributed by atoms with van der Waals surface area (Å²) in [6, 6.07) is 0.396. The van der Waals surface area contributed by atoms with Gasteiger partial charge in [-0.25, -0.2) is 0 Å². The minimum atomic E-state index is 0.396. The molecule has 0 saturated carbocycles. The minimum absolute atomic E-state index is 0.396. The van der Waals surface area contributed by atoms with Crippen molar-refractivity contribution in [3.63, 3.8) is 0 Å². The van der Waals surface area contributed by atoms with Gasteiger partial charge in [-0.3, -0.25) is 4.68 Å². The zero-order valence-electron chi connectivity index (χ0n) is 9.00. The summed E-state index contributed by atoms with van der Waals surface area (Å²) in [4.78, 5) is 0. The SMILES string of the molecule is CNc1nn(C(C)C)c2c1CCOC2. The summed E-state index contributed by atoms with van der Waals surface area (Å²) in [5.74, 6) is 1.01. The first-order valence-electron chi connectivity index (χ1n) is 5.09. The van der Waals surface area contributed by atoms with E-state index in [0.29, 0.717) is 12.6 Å². The van der Waals surface area contributed by atoms with Crippen LogP contribution in [-0.4, -0.2) is 23.4 Å². The lowest BCUT2D eigenvalue weighted by atomic mass is 10.1. The number of hydrogen-bond donors (Lipinski definition) is 1. The molecule has 0 unspecified atom stereocenters. The molecule has 0 saturated heterocycles. The summed E-state index contributed by atoms with van der Waals surface area (Å²) in [6.45, 7) is 5.79. The second kappa shape index (κ2) is 3.61. The van der Waals surface area contributed by atoms with Crippen molar-refractivity contribution in [3.05, 3.63) is 11.3 Å². The molecular weight excluding hydrogens is 178 g/mol. The third kappa shape index (κ3) is 1.39. The number of nitrogens with one attached hydrogen (secondary N) is 1. The number of ether oxygens (including phenoxy) is 1. The van der Waals surface area contributed by atoms with Crippen LogP contribution in [0.25, 0.3) is 0 Å². The van der Waals surface area contributed by atoms with Crippen LogP contribution in [0.3, 0.4) is 0 Å². The van der Waals surface area contributed by atoms with E-state index in [2.05, 4.69) is 28.9 Å². The molecule has 1 aromatic heterocycles. The smallest absolute Gasteiger partial charge is 0.151 e. The maximum absolute atomic E-state index is 5.46. The minimum Gasteiger partial charge on any atom is -0.375 e. The van der Waals surface area contributed by atoms with Gasteiger partial charge in [0.15, 0.2) is 5.82 Å². The Bertz CT molecular complexity index is 330. The fourth-order valence-corrected chi connectivity index (χ4v) is 1.89. The van der Waals surface area contributed by atoms with Gasteiger partial charge in [-0.15, -0.1) is 0 Å². The highest BCUT2D eigenvalue weighted by atomic mass is 16.5. The molecule has 0 fully saturated rings. The van der Waals surface area contributed by atoms with Gasteiger partial charge in [-0.2, -0.15) is 5.10 Å². The van der Waals surface area contributed by atoms with Crippen LogP contribution >= 0.6 is 0 Å². The van der Waals surface area contributed by atoms with Crippen LogP contribution in [0, 0.1) is 0 Å². The Morgan fingerprint density at radius 3 is 2.93 bits per heavy atom. The Kier molecular flexibility index (Phi) is 2.46. The Morgan fingerprint density at radius 2 is 2.29 bits per heavy atom. The van der Waals surface area contributed by atoms with Crippen molar-refractivity contribution >= 4 is 5.82 Å². The van der Waals surface area contributed by atoms with Gasteiger partial charge >= 0.3 is 0 Å². The second-order valence-corrected chi connectivity index (χ2v) is 3.86. The highest BCUT2D eigenvalue weighted by molar-refractivity contribution is 5.47. The van der Waals surface area contributed by atoms with Gasteiger partial charge in [-0.05, 0) is 13.8 Å². The fourth-order valence-electron chi connectivity index (χ4n) is 1.89. The number of hydrogen-bond acceptors (Lipinski definition) is 3. The van der Waals surface area contributed by atoms with Crippen LogP contribution < -0.4 is 5.32 Å². The van der Waals surface area contributed by atoms with Crippen molar-refractivity contribution in [2.24, 2.45) is 0 Å². The van der Waals surface area contributed by atoms with Gasteiger partial charge in [0.2, 0.25) is 0 Å². The molecule has 4 heteroatoms. The average Bonchev–Trinajstić information content (AvgIpc) is 2.56. The number of fused-ring (bicyclic) bond motifs is 1. The second-order valence-electron chi connectivity index (χ2n) is 3.86. The van der Waals surface area contributed by atoms with Crippen LogP contribution in [-0.2, 0) is 17.8 Å². The molecule has 0 aromatic carbocycles. The van der Waals surface area contributed by atoms with Crippen molar-refractivity contribution < 1.29 is 4.74 Å². The first-order chi connectivity index (χ1) is 6.74. The maximum Gasteiger partial charge on any atom is 0.151 e. The molecule has 2 rings (SSSR count). The Balaban J connectivity index is 2.46. The van der Waals surface area contributed by atoms with E-state index in [0.717, 1.165) is 18.8 Å². The number of anilines is 1. The molecule has 4 nitrogen and oxygen atoms in total. The topological polar surface area (TPSA) is 39.1 Å². The molecule has 0 amide bonds. The lowest BCUT2D eigenvalue weighted by Crippen LogP contribution is -2.15. The largest absolute Gasteiger partial charge is 0.375 e. The highest BCUT2D eigenvalue weighted by Gasteiger charge is 2.21. The van der Waals surface area contributed by atoms with E-state index in [-0.39, 0.29) is 0 Å². The lowest BCUT2D eigenvalue weighted by Gasteiger charge is -2.16. The van der Waals surface area contributed by atoms with E-state index in [9.17, 15) is 0 Å². The number of rotatable bonds is 2. The Hall–Kier alpha value is -1.03. The highest BCUT2D eigenvalue weighted by Crippen LogP contribution is 2.26. The molecule has 0 radical (unpaired) electrons. The third-order valence-electron chi connectivity index (χ3n) is 2.58. The average molecular weight is 195 g/mol. The van der Waals surface area contributed by atoms with E-state index in [4.69, 9.17) is 4.74 Å². The molecule has 1 N–H and O–H groups in total. The van der Waals surface area contributed by atoms with Crippen LogP contribution in [0.15, 0.2) is 0 Å². The van der Waals surface area contributed by atoms with Gasteiger partial charge in [0.25, 0.3) is 0 Å². The molecule has 2 heterocycles. The van der Waals surface area contributed by atoms with Crippen LogP contribution in [0.1, 0.15) is 31.1 Å². The third-order valence-corrected chi connectivity index (χ3v) is 2.58. The molecule has 1 aliphatic heterocycles. The van der Waals surface area contributed by atoms with Crippen LogP contribution in [0.5, 0.6) is 0 Å². The molecule has 0 atom stereocenters. The molecule has 0 spiro atoms. The van der Waals surface area contributed by atoms with Gasteiger partial charge in [0.05, 0.1) is 18.9 Å². The zero-order chi connectivity index (χ0) is 10.1. The molecule has 0 bridgehead atoms. The van der Waals surface area contributed by atoms with Crippen LogP contribution in [0.4, 0.5) is 5.82 Å². The first kappa shape index (κ1) is 9.52. The Labute approximate surface area is 84.3 Å². The van der Waals surface area contributed by atoms with E-state index >= 15 is 0 Å². The van der Waals surface area contributed by atoms with Crippen LogP contribution in [0.2, 0.25) is 0 Å². The van der Waals surface area contributed by atoms with Crippen molar-refractivity contribution in [2.45, 2.75) is 32.9 Å². The summed E-state index contributed by atoms with van der Waals surface area (Å²) in [6.07, 6.45) is 0.970. The molecule has 14 heavy (non-hydrogen) atoms. The number of aromatic nitrogens is 2. The first-order valence-corrected chi connectivity index (χ1v) is 5.09. The molecule has 78 valence electrons. The molecule has 1 aromatic rings. The van der Waals surface area contributed by atoms with E-state index in [1.54, 1.807) is 0 Å². The van der Waals surface area contributed by atoms with E-state index in [1.807, 2.05) is 7.05 Å². The quantitative estimate of drug-likeness (QED) is 0.778. The number of nitrogens with zero attached hydrogens (tertiary/aromatic N) is 2. The standard InChI is InChI=1S/C10H17N3O/c1-7(2)13-9-6-14-5-4-8(9)10(11-3)12-13/h7H,4-6H2,1-3H3,(H,11,12). The summed E-state index contributed by atoms with van der Waals surface area (Å²) in [7, 11) is 1.92. The van der Waals surface area contributed by atoms with Gasteiger partial charge in [-0.1, -0.05) is 0 Å². The van der Waals surface area contributed by atoms with Crippen molar-refractivity contribution in [2.75, 3.05) is 19.0 Å². The van der Waals surface area contributed by atoms with E-state index in [1.165, 1.54) is 11.3 Å². The summed E-state index contributed by atoms with van der Waals surface area (Å²) in [5.41, 5.74) is 2.56. The lowest BCUT2D eigenvalue weighted by molar-refractivity contribution is 0.103. The molecular formula is C10H17N3O. The van der Waals surface area contributed by atoms with Crippen molar-refractivity contribution in [3.8, 4) is 0 Å². The van der Waals surface area contributed by atoms with Crippen molar-refractivity contribution in [1.29, 1.82) is 0 Å². The zero-order valence-corrected chi connectivity index (χ0v) is 9.00. The summed E-state index contributed by atoms with van der Waals surface area (Å²) < 4.78 is 7.51. The summed E-state index contributed by atoms with van der Waals surface area (Å²) in [5, 5.41) is 7.68. The normalized spacial score (nSPS) is 15.7. The summed E-state index contributed by atoms with van der Waals surface area (Å²) >= 11 is 0. The monoisotopic (exact) mass is 195 g/mol. The Morgan fingerprint density at radius 1 is 1.50 bits per heavy atom. The van der Waals surface area contributed by atoms with Gasteiger partial charge in [0.1, 0.15) is 0 Å².